The highest BCUT2D eigenvalue weighted by atomic mass is 16.6. The number of anilines is 2. The average molecular weight is 598 g/mol. The summed E-state index contributed by atoms with van der Waals surface area (Å²) < 4.78 is 15.8. The SMILES string of the molecule is CCOC(=O)c1ccc(NC(=O)C(=Cc2ccc(-c3ccc([N+](=O)[O-])cc3)o2)C(=O)Nc2ccc(C(=O)OCC)cc2)cc1. The molecule has 1 heterocycles. The van der Waals surface area contributed by atoms with E-state index in [2.05, 4.69) is 10.6 Å². The molecule has 44 heavy (non-hydrogen) atoms. The number of nitro benzene ring substituents is 1. The van der Waals surface area contributed by atoms with Gasteiger partial charge in [-0.1, -0.05) is 0 Å². The highest BCUT2D eigenvalue weighted by molar-refractivity contribution is 6.28. The number of nitro groups is 1. The fourth-order valence-electron chi connectivity index (χ4n) is 3.91. The van der Waals surface area contributed by atoms with Crippen LogP contribution in [0.5, 0.6) is 0 Å². The third kappa shape index (κ3) is 7.82. The van der Waals surface area contributed by atoms with Crippen LogP contribution in [-0.2, 0) is 19.1 Å². The first-order valence-corrected chi connectivity index (χ1v) is 13.4. The number of hydrogen-bond donors (Lipinski definition) is 2. The van der Waals surface area contributed by atoms with Gasteiger partial charge in [-0.15, -0.1) is 0 Å². The van der Waals surface area contributed by atoms with E-state index in [-0.39, 0.29) is 30.2 Å². The Morgan fingerprint density at radius 2 is 1.20 bits per heavy atom. The second-order valence-electron chi connectivity index (χ2n) is 9.07. The lowest BCUT2D eigenvalue weighted by molar-refractivity contribution is -0.384. The van der Waals surface area contributed by atoms with Crippen LogP contribution in [0.1, 0.15) is 40.3 Å². The van der Waals surface area contributed by atoms with Gasteiger partial charge in [0.25, 0.3) is 17.5 Å². The molecule has 0 spiro atoms. The zero-order valence-electron chi connectivity index (χ0n) is 23.7. The van der Waals surface area contributed by atoms with Gasteiger partial charge in [-0.2, -0.15) is 0 Å². The maximum Gasteiger partial charge on any atom is 0.338 e. The highest BCUT2D eigenvalue weighted by Gasteiger charge is 2.21. The third-order valence-electron chi connectivity index (χ3n) is 6.07. The van der Waals surface area contributed by atoms with Crippen LogP contribution >= 0.6 is 0 Å². The number of benzene rings is 3. The molecule has 1 aromatic heterocycles. The van der Waals surface area contributed by atoms with Crippen LogP contribution in [0.4, 0.5) is 17.1 Å². The number of hydrogen-bond acceptors (Lipinski definition) is 9. The summed E-state index contributed by atoms with van der Waals surface area (Å²) >= 11 is 0. The number of carbonyl (C=O) groups is 4. The number of non-ortho nitro benzene ring substituents is 1. The minimum absolute atomic E-state index is 0.0818. The first-order valence-electron chi connectivity index (χ1n) is 13.4. The Balaban J connectivity index is 1.60. The Morgan fingerprint density at radius 1 is 0.727 bits per heavy atom. The molecule has 0 fully saturated rings. The monoisotopic (exact) mass is 597 g/mol. The summed E-state index contributed by atoms with van der Waals surface area (Å²) in [5, 5.41) is 16.2. The number of nitrogens with zero attached hydrogens (tertiary/aromatic N) is 1. The molecule has 0 unspecified atom stereocenters. The van der Waals surface area contributed by atoms with Crippen molar-refractivity contribution in [3.8, 4) is 11.3 Å². The van der Waals surface area contributed by atoms with Gasteiger partial charge in [0.2, 0.25) is 0 Å². The van der Waals surface area contributed by atoms with Gasteiger partial charge in [0.1, 0.15) is 17.1 Å². The van der Waals surface area contributed by atoms with Crippen LogP contribution < -0.4 is 10.6 Å². The first kappa shape index (κ1) is 30.9. The van der Waals surface area contributed by atoms with Gasteiger partial charge in [-0.05, 0) is 92.7 Å². The molecule has 12 nitrogen and oxygen atoms in total. The Bertz CT molecular complexity index is 1630. The van der Waals surface area contributed by atoms with E-state index in [9.17, 15) is 29.3 Å². The third-order valence-corrected chi connectivity index (χ3v) is 6.07. The van der Waals surface area contributed by atoms with Crippen LogP contribution in [0.15, 0.2) is 94.9 Å². The Labute approximate surface area is 251 Å². The quantitative estimate of drug-likeness (QED) is 0.0537. The lowest BCUT2D eigenvalue weighted by Crippen LogP contribution is -2.25. The minimum Gasteiger partial charge on any atom is -0.462 e. The van der Waals surface area contributed by atoms with Crippen LogP contribution in [0.3, 0.4) is 0 Å². The van der Waals surface area contributed by atoms with Crippen LogP contribution in [0.2, 0.25) is 0 Å². The predicted octanol–water partition coefficient (Wildman–Crippen LogP) is 5.87. The summed E-state index contributed by atoms with van der Waals surface area (Å²) in [6.45, 7) is 3.80. The van der Waals surface area contributed by atoms with E-state index < -0.39 is 28.7 Å². The van der Waals surface area contributed by atoms with Crippen molar-refractivity contribution in [3.05, 3.63) is 118 Å². The standard InChI is InChI=1S/C32H27N3O9/c1-3-42-31(38)21-5-11-23(12-6-21)33-29(36)27(30(37)34-24-13-7-22(8-14-24)32(39)43-4-2)19-26-17-18-28(44-26)20-9-15-25(16-10-20)35(40)41/h5-19H,3-4H2,1-2H3,(H,33,36)(H,34,37). The second-order valence-corrected chi connectivity index (χ2v) is 9.07. The lowest BCUT2D eigenvalue weighted by atomic mass is 10.1. The van der Waals surface area contributed by atoms with Crippen molar-refractivity contribution in [2.75, 3.05) is 23.8 Å². The number of carbonyl (C=O) groups excluding carboxylic acids is 4. The maximum atomic E-state index is 13.4. The Kier molecular flexibility index (Phi) is 9.99. The smallest absolute Gasteiger partial charge is 0.338 e. The van der Waals surface area contributed by atoms with Crippen LogP contribution in [0.25, 0.3) is 17.4 Å². The molecule has 0 saturated carbocycles. The molecular formula is C32H27N3O9. The molecule has 0 aliphatic heterocycles. The van der Waals surface area contributed by atoms with E-state index in [0.29, 0.717) is 33.8 Å². The van der Waals surface area contributed by atoms with Crippen LogP contribution in [-0.4, -0.2) is 41.9 Å². The zero-order valence-corrected chi connectivity index (χ0v) is 23.7. The normalized spacial score (nSPS) is 10.3. The molecule has 0 atom stereocenters. The lowest BCUT2D eigenvalue weighted by Gasteiger charge is -2.11. The van der Waals surface area contributed by atoms with Gasteiger partial charge in [0, 0.05) is 29.1 Å². The van der Waals surface area contributed by atoms with Crippen molar-refractivity contribution in [2.45, 2.75) is 13.8 Å². The van der Waals surface area contributed by atoms with Crippen LogP contribution in [0, 0.1) is 10.1 Å². The van der Waals surface area contributed by atoms with Crippen molar-refractivity contribution < 1.29 is 38.0 Å². The number of furan rings is 1. The summed E-state index contributed by atoms with van der Waals surface area (Å²) in [5.41, 5.74) is 1.35. The Hall–Kier alpha value is -6.04. The van der Waals surface area contributed by atoms with Crippen molar-refractivity contribution in [3.63, 3.8) is 0 Å². The molecule has 0 aliphatic rings. The van der Waals surface area contributed by atoms with E-state index in [1.807, 2.05) is 0 Å². The van der Waals surface area contributed by atoms with E-state index in [1.54, 1.807) is 26.0 Å². The molecule has 12 heteroatoms. The first-order chi connectivity index (χ1) is 21.2. The van der Waals surface area contributed by atoms with Gasteiger partial charge in [-0.25, -0.2) is 9.59 Å². The highest BCUT2D eigenvalue weighted by Crippen LogP contribution is 2.26. The molecule has 4 rings (SSSR count). The fraction of sp³-hybridized carbons (Fsp3) is 0.125. The van der Waals surface area contributed by atoms with Crippen molar-refractivity contribution in [1.82, 2.24) is 0 Å². The summed E-state index contributed by atoms with van der Waals surface area (Å²) in [4.78, 5) is 61.1. The molecule has 3 aromatic carbocycles. The number of nitrogens with one attached hydrogen (secondary N) is 2. The molecule has 2 N–H and O–H groups in total. The molecule has 224 valence electrons. The molecule has 2 amide bonds. The fourth-order valence-corrected chi connectivity index (χ4v) is 3.91. The zero-order chi connectivity index (χ0) is 31.6. The number of esters is 2. The summed E-state index contributed by atoms with van der Waals surface area (Å²) in [5.74, 6) is -2.06. The summed E-state index contributed by atoms with van der Waals surface area (Å²) in [6, 6.07) is 20.7. The molecule has 0 aliphatic carbocycles. The number of amides is 2. The number of rotatable bonds is 11. The largest absolute Gasteiger partial charge is 0.462 e. The second kappa shape index (κ2) is 14.2. The number of ether oxygens (including phenoxy) is 2. The van der Waals surface area contributed by atoms with E-state index in [4.69, 9.17) is 13.9 Å². The van der Waals surface area contributed by atoms with Gasteiger partial charge >= 0.3 is 11.9 Å². The van der Waals surface area contributed by atoms with Gasteiger partial charge in [-0.3, -0.25) is 19.7 Å². The van der Waals surface area contributed by atoms with Crippen molar-refractivity contribution in [2.24, 2.45) is 0 Å². The molecular weight excluding hydrogens is 570 g/mol. The van der Waals surface area contributed by atoms with Gasteiger partial charge in [0.05, 0.1) is 29.3 Å². The summed E-state index contributed by atoms with van der Waals surface area (Å²) in [7, 11) is 0. The molecule has 0 saturated heterocycles. The summed E-state index contributed by atoms with van der Waals surface area (Å²) in [6.07, 6.45) is 1.25. The van der Waals surface area contributed by atoms with Crippen molar-refractivity contribution >= 4 is 46.9 Å². The Morgan fingerprint density at radius 3 is 1.64 bits per heavy atom. The molecule has 0 bridgehead atoms. The minimum atomic E-state index is -0.775. The predicted molar refractivity (Wildman–Crippen MR) is 161 cm³/mol. The van der Waals surface area contributed by atoms with Crippen molar-refractivity contribution in [1.29, 1.82) is 0 Å². The molecule has 4 aromatic rings. The van der Waals surface area contributed by atoms with E-state index in [1.165, 1.54) is 78.9 Å². The van der Waals surface area contributed by atoms with Gasteiger partial charge < -0.3 is 24.5 Å². The van der Waals surface area contributed by atoms with E-state index in [0.717, 1.165) is 0 Å². The van der Waals surface area contributed by atoms with Gasteiger partial charge in [0.15, 0.2) is 0 Å². The molecule has 0 radical (unpaired) electrons. The average Bonchev–Trinajstić information content (AvgIpc) is 3.49. The topological polar surface area (TPSA) is 167 Å². The maximum absolute atomic E-state index is 13.4. The van der Waals surface area contributed by atoms with E-state index >= 15 is 0 Å².